The van der Waals surface area contributed by atoms with E-state index in [0.717, 1.165) is 29.7 Å². The second-order valence-corrected chi connectivity index (χ2v) is 6.16. The van der Waals surface area contributed by atoms with Crippen LogP contribution in [0.2, 0.25) is 0 Å². The standard InChI is InChI=1S/C22H18F2N2/c1-2-3-4-15-5-7-16(8-6-15)17-9-10-22(26-14-17)18-11-20(23)19(13-25)21(24)12-18/h5-12,14H,2-4H2,1H3. The molecular weight excluding hydrogens is 330 g/mol. The molecule has 0 bridgehead atoms. The first kappa shape index (κ1) is 17.8. The quantitative estimate of drug-likeness (QED) is 0.575. The first-order valence-electron chi connectivity index (χ1n) is 8.57. The van der Waals surface area contributed by atoms with Crippen LogP contribution >= 0.6 is 0 Å². The first-order valence-corrected chi connectivity index (χ1v) is 8.57. The van der Waals surface area contributed by atoms with Crippen LogP contribution in [0.3, 0.4) is 0 Å². The molecule has 1 heterocycles. The maximum Gasteiger partial charge on any atom is 0.144 e. The van der Waals surface area contributed by atoms with Crippen LogP contribution in [0.25, 0.3) is 22.4 Å². The highest BCUT2D eigenvalue weighted by Crippen LogP contribution is 2.25. The summed E-state index contributed by atoms with van der Waals surface area (Å²) in [7, 11) is 0. The van der Waals surface area contributed by atoms with E-state index in [1.807, 2.05) is 6.07 Å². The van der Waals surface area contributed by atoms with E-state index in [1.54, 1.807) is 12.3 Å². The Balaban J connectivity index is 1.84. The number of aryl methyl sites for hydroxylation is 1. The monoisotopic (exact) mass is 348 g/mol. The number of aromatic nitrogens is 1. The van der Waals surface area contributed by atoms with Crippen molar-refractivity contribution >= 4 is 0 Å². The molecule has 0 unspecified atom stereocenters. The fraction of sp³-hybridized carbons (Fsp3) is 0.182. The van der Waals surface area contributed by atoms with E-state index in [-0.39, 0.29) is 0 Å². The summed E-state index contributed by atoms with van der Waals surface area (Å²) in [5.41, 5.74) is 3.47. The number of rotatable bonds is 5. The van der Waals surface area contributed by atoms with Gasteiger partial charge in [-0.25, -0.2) is 8.78 Å². The van der Waals surface area contributed by atoms with Gasteiger partial charge >= 0.3 is 0 Å². The van der Waals surface area contributed by atoms with E-state index >= 15 is 0 Å². The summed E-state index contributed by atoms with van der Waals surface area (Å²) in [6.45, 7) is 2.17. The average Bonchev–Trinajstić information content (AvgIpc) is 2.67. The molecule has 0 radical (unpaired) electrons. The largest absolute Gasteiger partial charge is 0.256 e. The normalized spacial score (nSPS) is 10.5. The van der Waals surface area contributed by atoms with Crippen LogP contribution in [0.5, 0.6) is 0 Å². The second kappa shape index (κ2) is 7.88. The van der Waals surface area contributed by atoms with Crippen LogP contribution in [0, 0.1) is 23.0 Å². The Hall–Kier alpha value is -3.06. The molecule has 0 aliphatic carbocycles. The molecule has 3 aromatic rings. The van der Waals surface area contributed by atoms with Crippen molar-refractivity contribution in [1.29, 1.82) is 5.26 Å². The predicted octanol–water partition coefficient (Wildman–Crippen LogP) is 5.91. The number of pyridine rings is 1. The van der Waals surface area contributed by atoms with Crippen LogP contribution in [0.1, 0.15) is 30.9 Å². The maximum atomic E-state index is 13.8. The van der Waals surface area contributed by atoms with E-state index in [4.69, 9.17) is 5.26 Å². The number of halogens is 2. The minimum Gasteiger partial charge on any atom is -0.256 e. The molecule has 0 aliphatic rings. The van der Waals surface area contributed by atoms with Gasteiger partial charge in [-0.3, -0.25) is 4.98 Å². The van der Waals surface area contributed by atoms with Gasteiger partial charge in [-0.15, -0.1) is 0 Å². The summed E-state index contributed by atoms with van der Waals surface area (Å²) in [6.07, 6.45) is 5.10. The molecule has 0 saturated carbocycles. The summed E-state index contributed by atoms with van der Waals surface area (Å²) in [4.78, 5) is 4.32. The molecule has 130 valence electrons. The van der Waals surface area contributed by atoms with Crippen molar-refractivity contribution in [2.45, 2.75) is 26.2 Å². The minimum absolute atomic E-state index is 0.306. The summed E-state index contributed by atoms with van der Waals surface area (Å²) in [6, 6.07) is 15.7. The molecule has 0 amide bonds. The molecule has 3 rings (SSSR count). The second-order valence-electron chi connectivity index (χ2n) is 6.16. The Kier molecular flexibility index (Phi) is 5.38. The molecule has 0 spiro atoms. The first-order chi connectivity index (χ1) is 12.6. The predicted molar refractivity (Wildman–Crippen MR) is 98.4 cm³/mol. The Bertz CT molecular complexity index is 916. The molecule has 2 aromatic carbocycles. The van der Waals surface area contributed by atoms with Crippen molar-refractivity contribution in [3.63, 3.8) is 0 Å². The molecular formula is C22H18F2N2. The fourth-order valence-corrected chi connectivity index (χ4v) is 2.81. The van der Waals surface area contributed by atoms with Crippen LogP contribution in [-0.2, 0) is 6.42 Å². The zero-order valence-electron chi connectivity index (χ0n) is 14.5. The lowest BCUT2D eigenvalue weighted by molar-refractivity contribution is 0.577. The Morgan fingerprint density at radius 2 is 1.58 bits per heavy atom. The third-order valence-corrected chi connectivity index (χ3v) is 4.32. The van der Waals surface area contributed by atoms with Gasteiger partial charge in [-0.05, 0) is 42.2 Å². The van der Waals surface area contributed by atoms with Gasteiger partial charge in [-0.1, -0.05) is 43.7 Å². The highest BCUT2D eigenvalue weighted by Gasteiger charge is 2.12. The third kappa shape index (κ3) is 3.78. The smallest absolute Gasteiger partial charge is 0.144 e. The highest BCUT2D eigenvalue weighted by molar-refractivity contribution is 5.67. The zero-order valence-corrected chi connectivity index (χ0v) is 14.5. The van der Waals surface area contributed by atoms with Crippen LogP contribution < -0.4 is 0 Å². The molecule has 4 heteroatoms. The van der Waals surface area contributed by atoms with E-state index in [2.05, 4.69) is 36.2 Å². The highest BCUT2D eigenvalue weighted by atomic mass is 19.1. The minimum atomic E-state index is -0.879. The Labute approximate surface area is 151 Å². The number of hydrogen-bond donors (Lipinski definition) is 0. The van der Waals surface area contributed by atoms with Crippen LogP contribution in [0.4, 0.5) is 8.78 Å². The summed E-state index contributed by atoms with van der Waals surface area (Å²) < 4.78 is 27.6. The number of hydrogen-bond acceptors (Lipinski definition) is 2. The van der Waals surface area contributed by atoms with Gasteiger partial charge in [0.05, 0.1) is 5.69 Å². The summed E-state index contributed by atoms with van der Waals surface area (Å²) in [5, 5.41) is 8.74. The lowest BCUT2D eigenvalue weighted by Gasteiger charge is -2.07. The lowest BCUT2D eigenvalue weighted by atomic mass is 10.0. The molecule has 0 N–H and O–H groups in total. The van der Waals surface area contributed by atoms with Gasteiger partial charge in [0, 0.05) is 17.3 Å². The SMILES string of the molecule is CCCCc1ccc(-c2ccc(-c3cc(F)c(C#N)c(F)c3)nc2)cc1. The van der Waals surface area contributed by atoms with Crippen molar-refractivity contribution in [2.75, 3.05) is 0 Å². The fourth-order valence-electron chi connectivity index (χ4n) is 2.81. The average molecular weight is 348 g/mol. The van der Waals surface area contributed by atoms with Gasteiger partial charge in [0.15, 0.2) is 0 Å². The van der Waals surface area contributed by atoms with E-state index in [9.17, 15) is 8.78 Å². The van der Waals surface area contributed by atoms with E-state index in [0.29, 0.717) is 11.3 Å². The zero-order chi connectivity index (χ0) is 18.5. The van der Waals surface area contributed by atoms with Gasteiger partial charge in [-0.2, -0.15) is 5.26 Å². The Morgan fingerprint density at radius 1 is 0.923 bits per heavy atom. The molecule has 0 aliphatic heterocycles. The third-order valence-electron chi connectivity index (χ3n) is 4.32. The maximum absolute atomic E-state index is 13.8. The van der Waals surface area contributed by atoms with Gasteiger partial charge < -0.3 is 0 Å². The molecule has 26 heavy (non-hydrogen) atoms. The molecule has 2 nitrogen and oxygen atoms in total. The van der Waals surface area contributed by atoms with Crippen molar-refractivity contribution in [2.24, 2.45) is 0 Å². The van der Waals surface area contributed by atoms with Crippen molar-refractivity contribution < 1.29 is 8.78 Å². The topological polar surface area (TPSA) is 36.7 Å². The summed E-state index contributed by atoms with van der Waals surface area (Å²) in [5.74, 6) is -1.76. The number of nitrogens with zero attached hydrogens (tertiary/aromatic N) is 2. The van der Waals surface area contributed by atoms with E-state index < -0.39 is 17.2 Å². The lowest BCUT2D eigenvalue weighted by Crippen LogP contribution is -1.93. The van der Waals surface area contributed by atoms with Crippen LogP contribution in [-0.4, -0.2) is 4.98 Å². The molecule has 0 saturated heterocycles. The molecule has 0 atom stereocenters. The van der Waals surface area contributed by atoms with Gasteiger partial charge in [0.25, 0.3) is 0 Å². The van der Waals surface area contributed by atoms with Crippen LogP contribution in [0.15, 0.2) is 54.7 Å². The number of benzene rings is 2. The van der Waals surface area contributed by atoms with Gasteiger partial charge in [0.1, 0.15) is 23.3 Å². The molecule has 1 aromatic heterocycles. The number of unbranched alkanes of at least 4 members (excludes halogenated alkanes) is 1. The van der Waals surface area contributed by atoms with Gasteiger partial charge in [0.2, 0.25) is 0 Å². The number of nitriles is 1. The van der Waals surface area contributed by atoms with Crippen molar-refractivity contribution in [1.82, 2.24) is 4.98 Å². The van der Waals surface area contributed by atoms with Crippen molar-refractivity contribution in [3.8, 4) is 28.5 Å². The summed E-state index contributed by atoms with van der Waals surface area (Å²) >= 11 is 0. The molecule has 0 fully saturated rings. The van der Waals surface area contributed by atoms with Crippen molar-refractivity contribution in [3.05, 3.63) is 77.5 Å². The Morgan fingerprint density at radius 3 is 2.12 bits per heavy atom. The van der Waals surface area contributed by atoms with E-state index in [1.165, 1.54) is 24.5 Å².